The first kappa shape index (κ1) is 8.00. The molecule has 0 unspecified atom stereocenters. The number of nitrogens with zero attached hydrogens (tertiary/aromatic N) is 1. The van der Waals surface area contributed by atoms with Crippen LogP contribution in [0.4, 0.5) is 4.79 Å². The third-order valence-corrected chi connectivity index (χ3v) is 1.69. The third-order valence-electron chi connectivity index (χ3n) is 1.10. The van der Waals surface area contributed by atoms with Crippen molar-refractivity contribution in [1.82, 2.24) is 4.57 Å². The molecule has 0 bridgehead atoms. The average Bonchev–Trinajstić information content (AvgIpc) is 1.94. The summed E-state index contributed by atoms with van der Waals surface area (Å²) < 4.78 is 1.13. The molecule has 0 aliphatic heterocycles. The molecule has 1 aromatic rings. The smallest absolute Gasteiger partial charge is 0.415 e. The molecule has 0 atom stereocenters. The molecule has 1 N–H and O–H groups in total. The quantitative estimate of drug-likeness (QED) is 0.710. The van der Waals surface area contributed by atoms with Gasteiger partial charge in [0, 0.05) is 18.5 Å². The summed E-state index contributed by atoms with van der Waals surface area (Å²) in [6.45, 7) is 0. The molecule has 58 valence electrons. The molecule has 0 spiro atoms. The molecule has 1 heterocycles. The molecule has 1 rings (SSSR count). The molecular weight excluding hydrogens is 214 g/mol. The maximum absolute atomic E-state index is 10.7. The second-order valence-corrected chi connectivity index (χ2v) is 2.70. The standard InChI is InChI=1S/C6H4BrNO3/c7-4-3-8(6(10)11)2-1-5(4)9/h1-3H,(H,10,11). The molecule has 4 nitrogen and oxygen atoms in total. The van der Waals surface area contributed by atoms with Crippen molar-refractivity contribution in [2.24, 2.45) is 0 Å². The van der Waals surface area contributed by atoms with E-state index in [9.17, 15) is 9.59 Å². The highest BCUT2D eigenvalue weighted by molar-refractivity contribution is 9.10. The number of carbonyl (C=O) groups is 1. The Morgan fingerprint density at radius 1 is 1.64 bits per heavy atom. The lowest BCUT2D eigenvalue weighted by Crippen LogP contribution is -2.11. The van der Waals surface area contributed by atoms with Crippen LogP contribution in [0.1, 0.15) is 0 Å². The molecule has 0 amide bonds. The Morgan fingerprint density at radius 2 is 2.27 bits per heavy atom. The van der Waals surface area contributed by atoms with Crippen molar-refractivity contribution in [2.45, 2.75) is 0 Å². The number of pyridine rings is 1. The zero-order valence-electron chi connectivity index (χ0n) is 5.32. The van der Waals surface area contributed by atoms with Gasteiger partial charge in [0.2, 0.25) is 0 Å². The maximum atomic E-state index is 10.7. The minimum Gasteiger partial charge on any atom is -0.464 e. The van der Waals surface area contributed by atoms with Gasteiger partial charge in [-0.05, 0) is 15.9 Å². The van der Waals surface area contributed by atoms with Crippen molar-refractivity contribution in [3.63, 3.8) is 0 Å². The van der Waals surface area contributed by atoms with Gasteiger partial charge in [0.15, 0.2) is 5.43 Å². The summed E-state index contributed by atoms with van der Waals surface area (Å²) in [4.78, 5) is 21.0. The number of halogens is 1. The van der Waals surface area contributed by atoms with Gasteiger partial charge >= 0.3 is 6.09 Å². The molecule has 0 aromatic carbocycles. The van der Waals surface area contributed by atoms with Gasteiger partial charge in [-0.25, -0.2) is 4.79 Å². The molecule has 0 saturated heterocycles. The minimum atomic E-state index is -1.12. The number of hydrogen-bond donors (Lipinski definition) is 1. The second-order valence-electron chi connectivity index (χ2n) is 1.85. The Bertz CT molecular complexity index is 344. The maximum Gasteiger partial charge on any atom is 0.415 e. The van der Waals surface area contributed by atoms with Gasteiger partial charge in [-0.1, -0.05) is 0 Å². The summed E-state index contributed by atoms with van der Waals surface area (Å²) in [6.07, 6.45) is 1.27. The van der Waals surface area contributed by atoms with Gasteiger partial charge in [0.05, 0.1) is 4.47 Å². The Hall–Kier alpha value is -1.10. The number of carboxylic acid groups (broad SMARTS) is 1. The van der Waals surface area contributed by atoms with E-state index >= 15 is 0 Å². The van der Waals surface area contributed by atoms with E-state index < -0.39 is 6.09 Å². The highest BCUT2D eigenvalue weighted by Gasteiger charge is 2.00. The van der Waals surface area contributed by atoms with Crippen molar-refractivity contribution in [2.75, 3.05) is 0 Å². The molecule has 0 radical (unpaired) electrons. The van der Waals surface area contributed by atoms with E-state index in [0.29, 0.717) is 0 Å². The first-order valence-electron chi connectivity index (χ1n) is 2.72. The van der Waals surface area contributed by atoms with E-state index in [4.69, 9.17) is 5.11 Å². The van der Waals surface area contributed by atoms with Gasteiger partial charge in [-0.3, -0.25) is 9.36 Å². The van der Waals surface area contributed by atoms with Gasteiger partial charge in [0.1, 0.15) is 0 Å². The third kappa shape index (κ3) is 1.68. The molecule has 0 saturated carbocycles. The Kier molecular flexibility index (Phi) is 2.09. The number of hydrogen-bond acceptors (Lipinski definition) is 2. The first-order valence-corrected chi connectivity index (χ1v) is 3.51. The lowest BCUT2D eigenvalue weighted by atomic mass is 10.5. The van der Waals surface area contributed by atoms with Crippen LogP contribution in [-0.4, -0.2) is 15.8 Å². The molecule has 0 fully saturated rings. The van der Waals surface area contributed by atoms with Crippen LogP contribution in [0.15, 0.2) is 27.7 Å². The normalized spacial score (nSPS) is 9.55. The van der Waals surface area contributed by atoms with Crippen LogP contribution >= 0.6 is 15.9 Å². The van der Waals surface area contributed by atoms with Gasteiger partial charge in [-0.15, -0.1) is 0 Å². The highest BCUT2D eigenvalue weighted by atomic mass is 79.9. The van der Waals surface area contributed by atoms with Crippen LogP contribution in [0.3, 0.4) is 0 Å². The largest absolute Gasteiger partial charge is 0.464 e. The van der Waals surface area contributed by atoms with Crippen molar-refractivity contribution in [3.05, 3.63) is 33.2 Å². The van der Waals surface area contributed by atoms with Crippen molar-refractivity contribution < 1.29 is 9.90 Å². The summed E-state index contributed by atoms with van der Waals surface area (Å²) >= 11 is 2.92. The first-order chi connectivity index (χ1) is 5.11. The van der Waals surface area contributed by atoms with E-state index in [1.165, 1.54) is 18.5 Å². The summed E-state index contributed by atoms with van der Waals surface area (Å²) in [5.41, 5.74) is -0.234. The van der Waals surface area contributed by atoms with E-state index in [0.717, 1.165) is 4.57 Å². The van der Waals surface area contributed by atoms with Crippen LogP contribution in [0.2, 0.25) is 0 Å². The fourth-order valence-electron chi connectivity index (χ4n) is 0.575. The van der Waals surface area contributed by atoms with Crippen LogP contribution in [0, 0.1) is 0 Å². The summed E-state index contributed by atoms with van der Waals surface area (Å²) in [6, 6.07) is 1.18. The summed E-state index contributed by atoms with van der Waals surface area (Å²) in [5, 5.41) is 8.44. The fourth-order valence-corrected chi connectivity index (χ4v) is 0.928. The van der Waals surface area contributed by atoms with Gasteiger partial charge in [0.25, 0.3) is 0 Å². The highest BCUT2D eigenvalue weighted by Crippen LogP contribution is 2.00. The number of aromatic nitrogens is 1. The Balaban J connectivity index is 3.26. The zero-order valence-corrected chi connectivity index (χ0v) is 6.91. The minimum absolute atomic E-state index is 0.234. The lowest BCUT2D eigenvalue weighted by Gasteiger charge is -1.96. The zero-order chi connectivity index (χ0) is 8.43. The monoisotopic (exact) mass is 217 g/mol. The van der Waals surface area contributed by atoms with Crippen molar-refractivity contribution in [1.29, 1.82) is 0 Å². The van der Waals surface area contributed by atoms with Gasteiger partial charge < -0.3 is 5.11 Å². The van der Waals surface area contributed by atoms with E-state index in [2.05, 4.69) is 15.9 Å². The van der Waals surface area contributed by atoms with E-state index in [1.807, 2.05) is 0 Å². The predicted molar refractivity (Wildman–Crippen MR) is 41.8 cm³/mol. The fraction of sp³-hybridized carbons (Fsp3) is 0. The molecular formula is C6H4BrNO3. The molecule has 0 aliphatic rings. The topological polar surface area (TPSA) is 59.3 Å². The van der Waals surface area contributed by atoms with Crippen molar-refractivity contribution >= 4 is 22.0 Å². The van der Waals surface area contributed by atoms with Crippen LogP contribution in [0.5, 0.6) is 0 Å². The second kappa shape index (κ2) is 2.87. The van der Waals surface area contributed by atoms with Gasteiger partial charge in [-0.2, -0.15) is 0 Å². The average molecular weight is 218 g/mol. The number of rotatable bonds is 0. The summed E-state index contributed by atoms with van der Waals surface area (Å²) in [7, 11) is 0. The molecule has 11 heavy (non-hydrogen) atoms. The van der Waals surface area contributed by atoms with Crippen LogP contribution in [0.25, 0.3) is 0 Å². The van der Waals surface area contributed by atoms with E-state index in [1.54, 1.807) is 0 Å². The lowest BCUT2D eigenvalue weighted by molar-refractivity contribution is 0.196. The Labute approximate surface area is 70.2 Å². The molecule has 1 aromatic heterocycles. The van der Waals surface area contributed by atoms with Crippen LogP contribution in [-0.2, 0) is 0 Å². The predicted octanol–water partition coefficient (Wildman–Crippen LogP) is 1.14. The Morgan fingerprint density at radius 3 is 2.73 bits per heavy atom. The van der Waals surface area contributed by atoms with Crippen LogP contribution < -0.4 is 5.43 Å². The van der Waals surface area contributed by atoms with E-state index in [-0.39, 0.29) is 9.90 Å². The molecule has 0 aliphatic carbocycles. The SMILES string of the molecule is O=C(O)n1ccc(=O)c(Br)c1. The summed E-state index contributed by atoms with van der Waals surface area (Å²) in [5.74, 6) is 0. The molecule has 5 heteroatoms. The van der Waals surface area contributed by atoms with Crippen molar-refractivity contribution in [3.8, 4) is 0 Å².